The molecule has 0 spiro atoms. The Hall–Kier alpha value is 1.13. The summed E-state index contributed by atoms with van der Waals surface area (Å²) in [6.45, 7) is 2.99. The van der Waals surface area contributed by atoms with Crippen LogP contribution in [0.3, 0.4) is 0 Å². The maximum atomic E-state index is 9.31. The van der Waals surface area contributed by atoms with Gasteiger partial charge in [0.25, 0.3) is 0 Å². The Kier molecular flexibility index (Phi) is 11.2. The molecule has 0 radical (unpaired) electrons. The molecule has 0 atom stereocenters. The Bertz CT molecular complexity index is 99.5. The van der Waals surface area contributed by atoms with Crippen molar-refractivity contribution in [3.63, 3.8) is 0 Å². The maximum absolute atomic E-state index is 9.31. The second kappa shape index (κ2) is 7.13. The van der Waals surface area contributed by atoms with E-state index < -0.39 is 11.0 Å². The molecule has 3 nitrogen and oxygen atoms in total. The predicted octanol–water partition coefficient (Wildman–Crippen LogP) is -2.63. The summed E-state index contributed by atoms with van der Waals surface area (Å²) in [5.74, 6) is 0. The normalized spacial score (nSPS) is 7.00. The molecule has 36 valence electrons. The zero-order valence-corrected chi connectivity index (χ0v) is 7.86. The summed E-state index contributed by atoms with van der Waals surface area (Å²) in [5, 5.41) is 0. The van der Waals surface area contributed by atoms with Crippen molar-refractivity contribution in [2.24, 2.45) is 0 Å². The topological polar surface area (TPSA) is 43.4 Å². The van der Waals surface area contributed by atoms with E-state index in [9.17, 15) is 8.42 Å². The second-order valence-corrected chi connectivity index (χ2v) is 1.07. The van der Waals surface area contributed by atoms with Crippen LogP contribution in [0, 0.1) is 0 Å². The summed E-state index contributed by atoms with van der Waals surface area (Å²) in [7, 11) is -2.43. The molecule has 0 fully saturated rings. The zero-order valence-electron chi connectivity index (χ0n) is 3.92. The Morgan fingerprint density at radius 2 is 2.00 bits per heavy atom. The van der Waals surface area contributed by atoms with Crippen molar-refractivity contribution in [1.82, 2.24) is 0 Å². The molecule has 0 unspecified atom stereocenters. The molecule has 0 saturated heterocycles. The predicted molar refractivity (Wildman–Crippen MR) is 20.0 cm³/mol. The molecule has 0 saturated carbocycles. The monoisotopic (exact) mass is 146 g/mol. The Balaban J connectivity index is 0. The first-order valence-corrected chi connectivity index (χ1v) is 2.14. The van der Waals surface area contributed by atoms with Gasteiger partial charge in [-0.3, -0.25) is 0 Å². The fourth-order valence-electron chi connectivity index (χ4n) is 0.0556. The quantitative estimate of drug-likeness (QED) is 0.243. The van der Waals surface area contributed by atoms with Gasteiger partial charge in [0.05, 0.1) is 6.26 Å². The van der Waals surface area contributed by atoms with Gasteiger partial charge in [-0.2, -0.15) is 0 Å². The third-order valence-electron chi connectivity index (χ3n) is 0.147. The van der Waals surface area contributed by atoms with Crippen LogP contribution in [-0.2, 0) is 23.6 Å². The fourth-order valence-corrected chi connectivity index (χ4v) is 0.167. The molecule has 7 heavy (non-hydrogen) atoms. The van der Waals surface area contributed by atoms with Crippen LogP contribution in [0.2, 0.25) is 0 Å². The van der Waals surface area contributed by atoms with E-state index in [-0.39, 0.29) is 51.4 Å². The molecule has 0 aromatic rings. The molecule has 0 N–H and O–H groups in total. The van der Waals surface area contributed by atoms with Gasteiger partial charge in [0.2, 0.25) is 0 Å². The second-order valence-electron chi connectivity index (χ2n) is 0.467. The van der Waals surface area contributed by atoms with Gasteiger partial charge in [-0.15, -0.1) is 0 Å². The average Bonchev–Trinajstić information content (AvgIpc) is 1.35. The summed E-state index contributed by atoms with van der Waals surface area (Å²) < 4.78 is 22.3. The van der Waals surface area contributed by atoms with E-state index >= 15 is 0 Å². The third-order valence-corrected chi connectivity index (χ3v) is 0.440. The summed E-state index contributed by atoms with van der Waals surface area (Å²) in [4.78, 5) is 0. The number of rotatable bonds is 2. The first-order valence-electron chi connectivity index (χ1n) is 1.14. The van der Waals surface area contributed by atoms with Crippen molar-refractivity contribution in [1.29, 1.82) is 0 Å². The minimum atomic E-state index is -2.43. The van der Waals surface area contributed by atoms with Crippen LogP contribution in [0.1, 0.15) is 0 Å². The largest absolute Gasteiger partial charge is 1.00 e. The molecular formula is C2H3KO3S. The summed E-state index contributed by atoms with van der Waals surface area (Å²) >= 11 is 0. The van der Waals surface area contributed by atoms with Crippen molar-refractivity contribution >= 4 is 11.0 Å². The van der Waals surface area contributed by atoms with E-state index in [1.807, 2.05) is 0 Å². The van der Waals surface area contributed by atoms with Gasteiger partial charge < -0.3 is 12.6 Å². The summed E-state index contributed by atoms with van der Waals surface area (Å²) in [5.41, 5.74) is 0. The van der Waals surface area contributed by atoms with Gasteiger partial charge in [0, 0.05) is 0 Å². The smallest absolute Gasteiger partial charge is 0.539 e. The van der Waals surface area contributed by atoms with Crippen molar-refractivity contribution in [2.75, 3.05) is 0 Å². The molecule has 0 aromatic carbocycles. The molecule has 0 aromatic heterocycles. The first-order chi connectivity index (χ1) is 2.77. The van der Waals surface area contributed by atoms with Gasteiger partial charge in [-0.1, -0.05) is 6.58 Å². The van der Waals surface area contributed by atoms with Gasteiger partial charge in [-0.25, -0.2) is 0 Å². The van der Waals surface area contributed by atoms with Crippen LogP contribution in [0.15, 0.2) is 12.8 Å². The van der Waals surface area contributed by atoms with Gasteiger partial charge in [0.1, 0.15) is 11.0 Å². The Labute approximate surface area is 86.3 Å². The SMILES string of the molecule is C=CO[S-](=O)=O.[K+]. The summed E-state index contributed by atoms with van der Waals surface area (Å²) in [6, 6.07) is 0. The van der Waals surface area contributed by atoms with Crippen LogP contribution in [-0.4, -0.2) is 0 Å². The third kappa shape index (κ3) is 11.0. The molecule has 0 aliphatic carbocycles. The molecule has 0 heterocycles. The van der Waals surface area contributed by atoms with Gasteiger partial charge in [0.15, 0.2) is 0 Å². The molecule has 0 bridgehead atoms. The van der Waals surface area contributed by atoms with Crippen LogP contribution in [0.5, 0.6) is 0 Å². The zero-order chi connectivity index (χ0) is 4.99. The van der Waals surface area contributed by atoms with E-state index in [4.69, 9.17) is 0 Å². The van der Waals surface area contributed by atoms with E-state index in [0.29, 0.717) is 0 Å². The van der Waals surface area contributed by atoms with Gasteiger partial charge in [-0.05, 0) is 0 Å². The summed E-state index contributed by atoms with van der Waals surface area (Å²) in [6.07, 6.45) is 0.836. The van der Waals surface area contributed by atoms with E-state index in [1.165, 1.54) is 0 Å². The Morgan fingerprint density at radius 1 is 1.57 bits per heavy atom. The van der Waals surface area contributed by atoms with Crippen molar-refractivity contribution in [3.8, 4) is 0 Å². The molecular weight excluding hydrogens is 143 g/mol. The Morgan fingerprint density at radius 3 is 2.00 bits per heavy atom. The molecule has 5 heteroatoms. The van der Waals surface area contributed by atoms with Crippen molar-refractivity contribution < 1.29 is 64.0 Å². The van der Waals surface area contributed by atoms with Crippen molar-refractivity contribution in [3.05, 3.63) is 12.8 Å². The average molecular weight is 146 g/mol. The van der Waals surface area contributed by atoms with Crippen LogP contribution in [0.25, 0.3) is 0 Å². The van der Waals surface area contributed by atoms with E-state index in [0.717, 1.165) is 6.26 Å². The van der Waals surface area contributed by atoms with Crippen LogP contribution in [0.4, 0.5) is 0 Å². The molecule has 0 aliphatic rings. The van der Waals surface area contributed by atoms with E-state index in [1.54, 1.807) is 0 Å². The maximum Gasteiger partial charge on any atom is 1.00 e. The molecule has 0 aliphatic heterocycles. The minimum absolute atomic E-state index is 0. The fraction of sp³-hybridized carbons (Fsp3) is 0. The first kappa shape index (κ1) is 11.0. The van der Waals surface area contributed by atoms with Crippen LogP contribution >= 0.6 is 0 Å². The molecule has 0 amide bonds. The van der Waals surface area contributed by atoms with Gasteiger partial charge >= 0.3 is 51.4 Å². The van der Waals surface area contributed by atoms with E-state index in [2.05, 4.69) is 10.8 Å². The molecule has 0 rings (SSSR count). The number of hydrogen-bond acceptors (Lipinski definition) is 4. The standard InChI is InChI=1S/C2H3O3S.K/c1-2-5-6(3)4;/h2H,1H2;/q-1;+1. The van der Waals surface area contributed by atoms with Crippen LogP contribution < -0.4 is 51.4 Å². The van der Waals surface area contributed by atoms with Crippen molar-refractivity contribution in [2.45, 2.75) is 0 Å². The number of hydrogen-bond donors (Lipinski definition) is 0. The minimum Gasteiger partial charge on any atom is -0.539 e.